The van der Waals surface area contributed by atoms with Crippen LogP contribution in [0.25, 0.3) is 0 Å². The number of rotatable bonds is 2. The molecule has 1 aliphatic rings. The fraction of sp³-hybridized carbons (Fsp3) is 0.417. The molecule has 0 spiro atoms. The molecule has 0 aliphatic carbocycles. The molecule has 4 heteroatoms. The van der Waals surface area contributed by atoms with Crippen molar-refractivity contribution in [1.29, 1.82) is 0 Å². The van der Waals surface area contributed by atoms with E-state index < -0.39 is 0 Å². The van der Waals surface area contributed by atoms with Gasteiger partial charge in [-0.3, -0.25) is 4.99 Å². The summed E-state index contributed by atoms with van der Waals surface area (Å²) in [6.45, 7) is 0.867. The smallest absolute Gasteiger partial charge is 0.145 e. The molecule has 0 saturated carbocycles. The lowest BCUT2D eigenvalue weighted by Gasteiger charge is -2.15. The van der Waals surface area contributed by atoms with Crippen LogP contribution in [0.15, 0.2) is 23.2 Å². The minimum Gasteiger partial charge on any atom is -0.494 e. The van der Waals surface area contributed by atoms with E-state index in [0.29, 0.717) is 5.75 Å². The first-order valence-electron chi connectivity index (χ1n) is 5.43. The fourth-order valence-corrected chi connectivity index (χ4v) is 1.72. The van der Waals surface area contributed by atoms with Crippen LogP contribution in [0.4, 0.5) is 10.1 Å². The summed E-state index contributed by atoms with van der Waals surface area (Å²) in [7, 11) is 1.53. The number of benzene rings is 1. The largest absolute Gasteiger partial charge is 0.494 e. The fourth-order valence-electron chi connectivity index (χ4n) is 1.72. The number of amidine groups is 1. The molecule has 0 fully saturated rings. The van der Waals surface area contributed by atoms with Gasteiger partial charge in [0.1, 0.15) is 17.4 Å². The van der Waals surface area contributed by atoms with E-state index in [2.05, 4.69) is 10.3 Å². The summed E-state index contributed by atoms with van der Waals surface area (Å²) in [5, 5.41) is 3.19. The molecular formula is C12H15FN2O. The Kier molecular flexibility index (Phi) is 3.39. The molecule has 0 amide bonds. The highest BCUT2D eigenvalue weighted by molar-refractivity contribution is 5.96. The summed E-state index contributed by atoms with van der Waals surface area (Å²) in [5.41, 5.74) is 0.768. The molecule has 1 heterocycles. The molecule has 1 N–H and O–H groups in total. The van der Waals surface area contributed by atoms with E-state index in [1.54, 1.807) is 6.07 Å². The van der Waals surface area contributed by atoms with Crippen molar-refractivity contribution in [3.63, 3.8) is 0 Å². The highest BCUT2D eigenvalue weighted by Crippen LogP contribution is 2.25. The van der Waals surface area contributed by atoms with Gasteiger partial charge in [0.2, 0.25) is 0 Å². The number of anilines is 1. The third kappa shape index (κ3) is 2.51. The van der Waals surface area contributed by atoms with Gasteiger partial charge in [0.25, 0.3) is 0 Å². The molecule has 0 atom stereocenters. The first-order chi connectivity index (χ1) is 7.79. The van der Waals surface area contributed by atoms with Crippen LogP contribution in [0.1, 0.15) is 19.3 Å². The van der Waals surface area contributed by atoms with E-state index in [1.807, 2.05) is 0 Å². The van der Waals surface area contributed by atoms with Crippen LogP contribution in [-0.2, 0) is 0 Å². The molecule has 3 nitrogen and oxygen atoms in total. The number of halogens is 1. The number of hydrogen-bond acceptors (Lipinski definition) is 3. The predicted molar refractivity (Wildman–Crippen MR) is 62.7 cm³/mol. The Labute approximate surface area is 94.3 Å². The van der Waals surface area contributed by atoms with Crippen molar-refractivity contribution in [3.8, 4) is 5.75 Å². The highest BCUT2D eigenvalue weighted by atomic mass is 19.1. The highest BCUT2D eigenvalue weighted by Gasteiger charge is 2.09. The lowest BCUT2D eigenvalue weighted by atomic mass is 10.1. The zero-order valence-corrected chi connectivity index (χ0v) is 9.29. The maximum Gasteiger partial charge on any atom is 0.145 e. The first-order valence-corrected chi connectivity index (χ1v) is 5.43. The molecule has 0 radical (unpaired) electrons. The van der Waals surface area contributed by atoms with Crippen LogP contribution in [0.3, 0.4) is 0 Å². The number of aliphatic imine (C=N–C) groups is 1. The SMILES string of the molecule is COc1cc(F)ccc1NC1=NCCCC1. The van der Waals surface area contributed by atoms with Gasteiger partial charge in [-0.25, -0.2) is 4.39 Å². The quantitative estimate of drug-likeness (QED) is 0.834. The molecule has 16 heavy (non-hydrogen) atoms. The van der Waals surface area contributed by atoms with E-state index in [0.717, 1.165) is 37.3 Å². The lowest BCUT2D eigenvalue weighted by molar-refractivity contribution is 0.413. The van der Waals surface area contributed by atoms with Crippen molar-refractivity contribution in [1.82, 2.24) is 0 Å². The van der Waals surface area contributed by atoms with Crippen LogP contribution in [0.5, 0.6) is 5.75 Å². The van der Waals surface area contributed by atoms with Gasteiger partial charge in [-0.15, -0.1) is 0 Å². The normalized spacial score (nSPS) is 15.5. The number of hydrogen-bond donors (Lipinski definition) is 1. The maximum absolute atomic E-state index is 13.0. The molecule has 2 rings (SSSR count). The lowest BCUT2D eigenvalue weighted by Crippen LogP contribution is -2.16. The van der Waals surface area contributed by atoms with Gasteiger partial charge >= 0.3 is 0 Å². The second-order valence-corrected chi connectivity index (χ2v) is 3.76. The van der Waals surface area contributed by atoms with Gasteiger partial charge in [-0.1, -0.05) is 0 Å². The Morgan fingerprint density at radius 2 is 2.25 bits per heavy atom. The van der Waals surface area contributed by atoms with Crippen LogP contribution in [-0.4, -0.2) is 19.5 Å². The number of nitrogens with one attached hydrogen (secondary N) is 1. The standard InChI is InChI=1S/C12H15FN2O/c1-16-11-8-9(13)5-6-10(11)15-12-4-2-3-7-14-12/h5-6,8H,2-4,7H2,1H3,(H,14,15). The van der Waals surface area contributed by atoms with Crippen molar-refractivity contribution in [2.75, 3.05) is 19.0 Å². The van der Waals surface area contributed by atoms with Gasteiger partial charge in [-0.2, -0.15) is 0 Å². The number of methoxy groups -OCH3 is 1. The summed E-state index contributed by atoms with van der Waals surface area (Å²) in [5.74, 6) is 1.16. The van der Waals surface area contributed by atoms with Crippen LogP contribution < -0.4 is 10.1 Å². The second-order valence-electron chi connectivity index (χ2n) is 3.76. The second kappa shape index (κ2) is 4.96. The van der Waals surface area contributed by atoms with E-state index in [-0.39, 0.29) is 5.82 Å². The van der Waals surface area contributed by atoms with Crippen LogP contribution >= 0.6 is 0 Å². The molecule has 0 bridgehead atoms. The van der Waals surface area contributed by atoms with Gasteiger partial charge in [0.15, 0.2) is 0 Å². The van der Waals surface area contributed by atoms with Gasteiger partial charge in [0.05, 0.1) is 12.8 Å². The van der Waals surface area contributed by atoms with E-state index in [4.69, 9.17) is 4.74 Å². The van der Waals surface area contributed by atoms with Crippen molar-refractivity contribution in [3.05, 3.63) is 24.0 Å². The van der Waals surface area contributed by atoms with Gasteiger partial charge in [0, 0.05) is 19.0 Å². The average molecular weight is 222 g/mol. The zero-order chi connectivity index (χ0) is 11.4. The van der Waals surface area contributed by atoms with Crippen molar-refractivity contribution in [2.45, 2.75) is 19.3 Å². The topological polar surface area (TPSA) is 33.6 Å². The minimum absolute atomic E-state index is 0.298. The number of ether oxygens (including phenoxy) is 1. The van der Waals surface area contributed by atoms with E-state index >= 15 is 0 Å². The Balaban J connectivity index is 2.17. The molecule has 1 aliphatic heterocycles. The first kappa shape index (κ1) is 10.9. The predicted octanol–water partition coefficient (Wildman–Crippen LogP) is 2.83. The Bertz CT molecular complexity index is 404. The summed E-state index contributed by atoms with van der Waals surface area (Å²) in [6.07, 6.45) is 3.24. The van der Waals surface area contributed by atoms with E-state index in [1.165, 1.54) is 19.2 Å². The van der Waals surface area contributed by atoms with Crippen LogP contribution in [0, 0.1) is 5.82 Å². The van der Waals surface area contributed by atoms with Crippen molar-refractivity contribution >= 4 is 11.5 Å². The van der Waals surface area contributed by atoms with Crippen molar-refractivity contribution in [2.24, 2.45) is 4.99 Å². The van der Waals surface area contributed by atoms with Gasteiger partial charge < -0.3 is 10.1 Å². The van der Waals surface area contributed by atoms with E-state index in [9.17, 15) is 4.39 Å². The summed E-state index contributed by atoms with van der Waals surface area (Å²) in [4.78, 5) is 4.38. The Morgan fingerprint density at radius 3 is 2.94 bits per heavy atom. The molecule has 86 valence electrons. The van der Waals surface area contributed by atoms with Crippen LogP contribution in [0.2, 0.25) is 0 Å². The summed E-state index contributed by atoms with van der Waals surface area (Å²) < 4.78 is 18.1. The average Bonchev–Trinajstić information content (AvgIpc) is 2.33. The van der Waals surface area contributed by atoms with Crippen molar-refractivity contribution < 1.29 is 9.13 Å². The Morgan fingerprint density at radius 1 is 1.38 bits per heavy atom. The third-order valence-corrected chi connectivity index (χ3v) is 2.57. The minimum atomic E-state index is -0.298. The molecular weight excluding hydrogens is 207 g/mol. The summed E-state index contributed by atoms with van der Waals surface area (Å²) >= 11 is 0. The molecule has 1 aromatic carbocycles. The molecule has 0 unspecified atom stereocenters. The maximum atomic E-state index is 13.0. The zero-order valence-electron chi connectivity index (χ0n) is 9.29. The summed E-state index contributed by atoms with van der Waals surface area (Å²) in [6, 6.07) is 4.45. The monoisotopic (exact) mass is 222 g/mol. The molecule has 1 aromatic rings. The third-order valence-electron chi connectivity index (χ3n) is 2.57. The molecule has 0 aromatic heterocycles. The number of nitrogens with zero attached hydrogens (tertiary/aromatic N) is 1. The molecule has 0 saturated heterocycles. The van der Waals surface area contributed by atoms with Gasteiger partial charge in [-0.05, 0) is 25.0 Å². The Hall–Kier alpha value is -1.58.